The summed E-state index contributed by atoms with van der Waals surface area (Å²) in [5.41, 5.74) is 2.66. The fourth-order valence-electron chi connectivity index (χ4n) is 3.18. The highest BCUT2D eigenvalue weighted by Crippen LogP contribution is 2.26. The maximum Gasteiger partial charge on any atom is 0.236 e. The Balaban J connectivity index is 1.31. The third kappa shape index (κ3) is 5.04. The summed E-state index contributed by atoms with van der Waals surface area (Å²) in [5.74, 6) is -0.0194. The van der Waals surface area contributed by atoms with Crippen LogP contribution in [0.5, 0.6) is 0 Å². The highest BCUT2D eigenvalue weighted by molar-refractivity contribution is 7.92. The number of thiophene rings is 1. The van der Waals surface area contributed by atoms with E-state index in [-0.39, 0.29) is 12.3 Å². The van der Waals surface area contributed by atoms with E-state index in [1.165, 1.54) is 21.1 Å². The van der Waals surface area contributed by atoms with Crippen LogP contribution in [-0.4, -0.2) is 54.7 Å². The molecule has 4 rings (SSSR count). The van der Waals surface area contributed by atoms with Crippen molar-refractivity contribution in [3.63, 3.8) is 0 Å². The molecule has 1 aromatic carbocycles. The molecule has 6 nitrogen and oxygen atoms in total. The van der Waals surface area contributed by atoms with E-state index in [1.54, 1.807) is 22.3 Å². The minimum absolute atomic E-state index is 0.0194. The SMILES string of the molecule is O=C(Cc1csc(-c2ccsc2)n1)N1CCN(S(=O)(=O)/C=C/c2ccccc2)CC1. The smallest absolute Gasteiger partial charge is 0.236 e. The van der Waals surface area contributed by atoms with E-state index in [9.17, 15) is 13.2 Å². The van der Waals surface area contributed by atoms with Gasteiger partial charge in [0, 0.05) is 47.9 Å². The molecule has 0 spiro atoms. The van der Waals surface area contributed by atoms with Crippen LogP contribution < -0.4 is 0 Å². The van der Waals surface area contributed by atoms with E-state index in [2.05, 4.69) is 4.98 Å². The predicted octanol–water partition coefficient (Wildman–Crippen LogP) is 3.56. The number of carbonyl (C=O) groups is 1. The first-order valence-corrected chi connectivity index (χ1v) is 12.8. The number of amides is 1. The standard InChI is InChI=1S/C21H21N3O3S3/c25-20(14-19-16-29-21(22-19)18-6-12-28-15-18)23-8-10-24(11-9-23)30(26,27)13-7-17-4-2-1-3-5-17/h1-7,12-13,15-16H,8-11,14H2/b13-7+. The number of thiazole rings is 1. The Morgan fingerprint density at radius 1 is 1.07 bits per heavy atom. The quantitative estimate of drug-likeness (QED) is 0.565. The van der Waals surface area contributed by atoms with Crippen LogP contribution in [0.2, 0.25) is 0 Å². The van der Waals surface area contributed by atoms with Crippen LogP contribution in [-0.2, 0) is 21.2 Å². The molecule has 1 aliphatic heterocycles. The van der Waals surface area contributed by atoms with Crippen LogP contribution in [0.1, 0.15) is 11.3 Å². The fraction of sp³-hybridized carbons (Fsp3) is 0.238. The molecule has 0 bridgehead atoms. The number of rotatable bonds is 6. The van der Waals surface area contributed by atoms with Gasteiger partial charge >= 0.3 is 0 Å². The average Bonchev–Trinajstić information content (AvgIpc) is 3.45. The summed E-state index contributed by atoms with van der Waals surface area (Å²) in [4.78, 5) is 18.9. The number of hydrogen-bond donors (Lipinski definition) is 0. The summed E-state index contributed by atoms with van der Waals surface area (Å²) in [6.07, 6.45) is 1.83. The third-order valence-electron chi connectivity index (χ3n) is 4.84. The van der Waals surface area contributed by atoms with Crippen LogP contribution in [0.25, 0.3) is 16.6 Å². The van der Waals surface area contributed by atoms with Gasteiger partial charge in [-0.1, -0.05) is 30.3 Å². The van der Waals surface area contributed by atoms with Crippen molar-refractivity contribution in [2.75, 3.05) is 26.2 Å². The number of piperazine rings is 1. The first kappa shape index (κ1) is 20.9. The molecule has 0 aliphatic carbocycles. The Morgan fingerprint density at radius 3 is 2.53 bits per heavy atom. The lowest BCUT2D eigenvalue weighted by Gasteiger charge is -2.33. The van der Waals surface area contributed by atoms with Gasteiger partial charge < -0.3 is 4.90 Å². The Morgan fingerprint density at radius 2 is 1.83 bits per heavy atom. The van der Waals surface area contributed by atoms with Crippen molar-refractivity contribution in [2.24, 2.45) is 0 Å². The van der Waals surface area contributed by atoms with Crippen molar-refractivity contribution in [1.82, 2.24) is 14.2 Å². The van der Waals surface area contributed by atoms with Gasteiger partial charge in [-0.15, -0.1) is 11.3 Å². The molecule has 0 N–H and O–H groups in total. The van der Waals surface area contributed by atoms with Gasteiger partial charge in [0.05, 0.1) is 12.1 Å². The lowest BCUT2D eigenvalue weighted by molar-refractivity contribution is -0.131. The van der Waals surface area contributed by atoms with Gasteiger partial charge in [-0.05, 0) is 23.1 Å². The zero-order valence-corrected chi connectivity index (χ0v) is 18.6. The summed E-state index contributed by atoms with van der Waals surface area (Å²) in [5, 5.41) is 8.11. The van der Waals surface area contributed by atoms with Crippen LogP contribution >= 0.6 is 22.7 Å². The molecule has 1 aliphatic rings. The predicted molar refractivity (Wildman–Crippen MR) is 122 cm³/mol. The molecule has 9 heteroatoms. The lowest BCUT2D eigenvalue weighted by Crippen LogP contribution is -2.50. The van der Waals surface area contributed by atoms with E-state index in [0.29, 0.717) is 26.2 Å². The molecular formula is C21H21N3O3S3. The van der Waals surface area contributed by atoms with Crippen molar-refractivity contribution in [3.8, 4) is 10.6 Å². The van der Waals surface area contributed by atoms with E-state index in [0.717, 1.165) is 21.8 Å². The Hall–Kier alpha value is -2.33. The van der Waals surface area contributed by atoms with E-state index in [1.807, 2.05) is 52.5 Å². The first-order valence-electron chi connectivity index (χ1n) is 9.49. The molecule has 1 amide bonds. The zero-order chi connectivity index (χ0) is 21.0. The van der Waals surface area contributed by atoms with Gasteiger partial charge in [0.1, 0.15) is 5.01 Å². The van der Waals surface area contributed by atoms with Crippen LogP contribution in [0, 0.1) is 0 Å². The van der Waals surface area contributed by atoms with Crippen LogP contribution in [0.15, 0.2) is 57.9 Å². The van der Waals surface area contributed by atoms with Gasteiger partial charge in [-0.25, -0.2) is 13.4 Å². The molecule has 3 aromatic rings. The Kier molecular flexibility index (Phi) is 6.43. The number of carbonyl (C=O) groups excluding carboxylic acids is 1. The molecule has 3 heterocycles. The summed E-state index contributed by atoms with van der Waals surface area (Å²) in [7, 11) is -3.51. The normalized spacial score (nSPS) is 15.7. The number of nitrogens with zero attached hydrogens (tertiary/aromatic N) is 3. The minimum atomic E-state index is -3.51. The van der Waals surface area contributed by atoms with Gasteiger partial charge in [0.15, 0.2) is 0 Å². The van der Waals surface area contributed by atoms with Gasteiger partial charge in [-0.3, -0.25) is 4.79 Å². The second-order valence-electron chi connectivity index (χ2n) is 6.87. The van der Waals surface area contributed by atoms with E-state index in [4.69, 9.17) is 0 Å². The molecule has 1 saturated heterocycles. The maximum atomic E-state index is 12.6. The van der Waals surface area contributed by atoms with E-state index < -0.39 is 10.0 Å². The van der Waals surface area contributed by atoms with E-state index >= 15 is 0 Å². The van der Waals surface area contributed by atoms with Crippen molar-refractivity contribution in [1.29, 1.82) is 0 Å². The molecule has 0 atom stereocenters. The number of hydrogen-bond acceptors (Lipinski definition) is 6. The topological polar surface area (TPSA) is 70.6 Å². The molecule has 0 unspecified atom stereocenters. The molecule has 2 aromatic heterocycles. The van der Waals surface area contributed by atoms with Crippen LogP contribution in [0.4, 0.5) is 0 Å². The molecule has 0 radical (unpaired) electrons. The highest BCUT2D eigenvalue weighted by Gasteiger charge is 2.27. The number of sulfonamides is 1. The minimum Gasteiger partial charge on any atom is -0.340 e. The molecule has 1 fully saturated rings. The summed E-state index contributed by atoms with van der Waals surface area (Å²) < 4.78 is 26.6. The van der Waals surface area contributed by atoms with Gasteiger partial charge in [0.25, 0.3) is 0 Å². The average molecular weight is 460 g/mol. The Labute approximate surface area is 184 Å². The summed E-state index contributed by atoms with van der Waals surface area (Å²) >= 11 is 3.15. The van der Waals surface area contributed by atoms with Crippen molar-refractivity contribution >= 4 is 44.7 Å². The number of aromatic nitrogens is 1. The maximum absolute atomic E-state index is 12.6. The zero-order valence-electron chi connectivity index (χ0n) is 16.2. The van der Waals surface area contributed by atoms with Crippen molar-refractivity contribution in [2.45, 2.75) is 6.42 Å². The summed E-state index contributed by atoms with van der Waals surface area (Å²) in [6.45, 7) is 1.37. The molecule has 0 saturated carbocycles. The largest absolute Gasteiger partial charge is 0.340 e. The van der Waals surface area contributed by atoms with Crippen molar-refractivity contribution in [3.05, 3.63) is 69.2 Å². The lowest BCUT2D eigenvalue weighted by atomic mass is 10.2. The number of benzene rings is 1. The van der Waals surface area contributed by atoms with Gasteiger partial charge in [0.2, 0.25) is 15.9 Å². The third-order valence-corrected chi connectivity index (χ3v) is 8.02. The molecule has 156 valence electrons. The molecule has 30 heavy (non-hydrogen) atoms. The monoisotopic (exact) mass is 459 g/mol. The fourth-order valence-corrected chi connectivity index (χ4v) is 5.89. The van der Waals surface area contributed by atoms with Crippen LogP contribution in [0.3, 0.4) is 0 Å². The second kappa shape index (κ2) is 9.22. The first-order chi connectivity index (χ1) is 14.5. The van der Waals surface area contributed by atoms with Gasteiger partial charge in [-0.2, -0.15) is 15.6 Å². The highest BCUT2D eigenvalue weighted by atomic mass is 32.2. The molecular weight excluding hydrogens is 438 g/mol. The Bertz CT molecular complexity index is 1110. The summed E-state index contributed by atoms with van der Waals surface area (Å²) in [6, 6.07) is 11.3. The van der Waals surface area contributed by atoms with Crippen molar-refractivity contribution < 1.29 is 13.2 Å². The second-order valence-corrected chi connectivity index (χ2v) is 10.3.